The minimum Gasteiger partial charge on any atom is -0.384 e. The summed E-state index contributed by atoms with van der Waals surface area (Å²) in [5.41, 5.74) is 1.14. The molecule has 0 aromatic heterocycles. The van der Waals surface area contributed by atoms with Crippen molar-refractivity contribution in [3.8, 4) is 0 Å². The van der Waals surface area contributed by atoms with Gasteiger partial charge in [0.1, 0.15) is 0 Å². The largest absolute Gasteiger partial charge is 0.384 e. The number of nitrogens with one attached hydrogen (secondary N) is 2. The quantitative estimate of drug-likeness (QED) is 0.845. The molecule has 1 amide bonds. The molecule has 0 aliphatic heterocycles. The molecule has 0 aliphatic carbocycles. The Morgan fingerprint density at radius 2 is 1.67 bits per heavy atom. The van der Waals surface area contributed by atoms with Gasteiger partial charge in [-0.15, -0.1) is 0 Å². The summed E-state index contributed by atoms with van der Waals surface area (Å²) in [6.07, 6.45) is 0.217. The van der Waals surface area contributed by atoms with Crippen molar-refractivity contribution in [2.75, 3.05) is 17.2 Å². The van der Waals surface area contributed by atoms with Gasteiger partial charge in [-0.25, -0.2) is 8.78 Å². The van der Waals surface area contributed by atoms with Crippen LogP contribution in [-0.2, 0) is 4.79 Å². The van der Waals surface area contributed by atoms with Crippen LogP contribution in [0.25, 0.3) is 0 Å². The molecule has 110 valence electrons. The summed E-state index contributed by atoms with van der Waals surface area (Å²) < 4.78 is 26.7. The third-order valence-electron chi connectivity index (χ3n) is 2.73. The average molecular weight is 355 g/mol. The van der Waals surface area contributed by atoms with Crippen molar-refractivity contribution in [2.45, 2.75) is 6.42 Å². The van der Waals surface area contributed by atoms with Crippen LogP contribution in [-0.4, -0.2) is 12.5 Å². The van der Waals surface area contributed by atoms with E-state index in [0.717, 1.165) is 16.6 Å². The summed E-state index contributed by atoms with van der Waals surface area (Å²) in [6.45, 7) is 0.327. The van der Waals surface area contributed by atoms with Gasteiger partial charge in [0, 0.05) is 28.8 Å². The molecule has 0 spiro atoms. The van der Waals surface area contributed by atoms with Gasteiger partial charge in [-0.1, -0.05) is 15.9 Å². The molecule has 2 N–H and O–H groups in total. The molecule has 3 nitrogen and oxygen atoms in total. The molecular weight excluding hydrogens is 342 g/mol. The second-order valence-electron chi connectivity index (χ2n) is 4.36. The van der Waals surface area contributed by atoms with E-state index in [-0.39, 0.29) is 12.3 Å². The number of rotatable bonds is 5. The van der Waals surface area contributed by atoms with Crippen molar-refractivity contribution >= 4 is 33.2 Å². The highest BCUT2D eigenvalue weighted by Gasteiger charge is 2.04. The van der Waals surface area contributed by atoms with Crippen LogP contribution >= 0.6 is 15.9 Å². The molecule has 6 heteroatoms. The third-order valence-corrected chi connectivity index (χ3v) is 3.26. The molecule has 0 heterocycles. The highest BCUT2D eigenvalue weighted by Crippen LogP contribution is 2.15. The number of carbonyl (C=O) groups excluding carboxylic acids is 1. The fraction of sp³-hybridized carbons (Fsp3) is 0.133. The van der Waals surface area contributed by atoms with Crippen molar-refractivity contribution in [1.29, 1.82) is 0 Å². The van der Waals surface area contributed by atoms with Crippen LogP contribution in [0, 0.1) is 11.6 Å². The molecule has 0 radical (unpaired) electrons. The molecule has 2 aromatic rings. The Balaban J connectivity index is 1.78. The third kappa shape index (κ3) is 4.82. The van der Waals surface area contributed by atoms with Crippen molar-refractivity contribution in [2.24, 2.45) is 0 Å². The SMILES string of the molecule is O=C(CCNc1ccc(F)c(F)c1)Nc1ccc(Br)cc1. The average Bonchev–Trinajstić information content (AvgIpc) is 2.45. The van der Waals surface area contributed by atoms with Crippen LogP contribution < -0.4 is 10.6 Å². The molecular formula is C15H13BrF2N2O. The van der Waals surface area contributed by atoms with Crippen molar-refractivity contribution in [3.05, 3.63) is 58.6 Å². The van der Waals surface area contributed by atoms with Crippen LogP contribution in [0.15, 0.2) is 46.9 Å². The predicted octanol–water partition coefficient (Wildman–Crippen LogP) is 4.17. The maximum atomic E-state index is 13.0. The first-order valence-electron chi connectivity index (χ1n) is 6.29. The highest BCUT2D eigenvalue weighted by atomic mass is 79.9. The second-order valence-corrected chi connectivity index (χ2v) is 5.28. The fourth-order valence-corrected chi connectivity index (χ4v) is 1.95. The number of amides is 1. The summed E-state index contributed by atoms with van der Waals surface area (Å²) in [6, 6.07) is 10.7. The fourth-order valence-electron chi connectivity index (χ4n) is 1.68. The van der Waals surface area contributed by atoms with E-state index in [1.807, 2.05) is 12.1 Å². The predicted molar refractivity (Wildman–Crippen MR) is 82.2 cm³/mol. The van der Waals surface area contributed by atoms with Gasteiger partial charge in [-0.3, -0.25) is 4.79 Å². The first-order valence-corrected chi connectivity index (χ1v) is 7.08. The molecule has 0 aliphatic rings. The standard InChI is InChI=1S/C15H13BrF2N2O/c16-10-1-3-11(4-2-10)20-15(21)7-8-19-12-5-6-13(17)14(18)9-12/h1-6,9,19H,7-8H2,(H,20,21). The summed E-state index contributed by atoms with van der Waals surface area (Å²) in [5.74, 6) is -1.97. The molecule has 0 saturated carbocycles. The molecule has 0 fully saturated rings. The van der Waals surface area contributed by atoms with Crippen LogP contribution in [0.3, 0.4) is 0 Å². The Morgan fingerprint density at radius 3 is 2.33 bits per heavy atom. The minimum absolute atomic E-state index is 0.160. The van der Waals surface area contributed by atoms with Gasteiger partial charge in [0.2, 0.25) is 5.91 Å². The van der Waals surface area contributed by atoms with E-state index < -0.39 is 11.6 Å². The van der Waals surface area contributed by atoms with E-state index in [4.69, 9.17) is 0 Å². The lowest BCUT2D eigenvalue weighted by molar-refractivity contribution is -0.115. The van der Waals surface area contributed by atoms with Gasteiger partial charge in [0.15, 0.2) is 11.6 Å². The van der Waals surface area contributed by atoms with Crippen LogP contribution in [0.1, 0.15) is 6.42 Å². The summed E-state index contributed by atoms with van der Waals surface area (Å²) in [5, 5.41) is 5.61. The Kier molecular flexibility index (Phi) is 5.27. The minimum atomic E-state index is -0.917. The van der Waals surface area contributed by atoms with E-state index in [2.05, 4.69) is 26.6 Å². The molecule has 2 rings (SSSR count). The molecule has 0 unspecified atom stereocenters. The van der Waals surface area contributed by atoms with E-state index in [1.54, 1.807) is 12.1 Å². The first kappa shape index (κ1) is 15.4. The lowest BCUT2D eigenvalue weighted by Crippen LogP contribution is -2.16. The number of hydrogen-bond donors (Lipinski definition) is 2. The van der Waals surface area contributed by atoms with E-state index in [0.29, 0.717) is 17.9 Å². The van der Waals surface area contributed by atoms with Crippen LogP contribution in [0.4, 0.5) is 20.2 Å². The van der Waals surface area contributed by atoms with E-state index in [1.165, 1.54) is 6.07 Å². The molecule has 0 atom stereocenters. The Labute approximate surface area is 129 Å². The Bertz CT molecular complexity index is 632. The first-order chi connectivity index (χ1) is 10.0. The van der Waals surface area contributed by atoms with Gasteiger partial charge < -0.3 is 10.6 Å². The highest BCUT2D eigenvalue weighted by molar-refractivity contribution is 9.10. The lowest BCUT2D eigenvalue weighted by atomic mass is 10.2. The number of benzene rings is 2. The number of halogens is 3. The van der Waals surface area contributed by atoms with Gasteiger partial charge >= 0.3 is 0 Å². The maximum Gasteiger partial charge on any atom is 0.226 e. The summed E-state index contributed by atoms with van der Waals surface area (Å²) >= 11 is 3.31. The topological polar surface area (TPSA) is 41.1 Å². The number of hydrogen-bond acceptors (Lipinski definition) is 2. The van der Waals surface area contributed by atoms with Gasteiger partial charge in [0.25, 0.3) is 0 Å². The zero-order valence-corrected chi connectivity index (χ0v) is 12.6. The zero-order chi connectivity index (χ0) is 15.2. The Morgan fingerprint density at radius 1 is 1.00 bits per heavy atom. The zero-order valence-electron chi connectivity index (χ0n) is 11.0. The van der Waals surface area contributed by atoms with Gasteiger partial charge in [-0.2, -0.15) is 0 Å². The normalized spacial score (nSPS) is 10.2. The summed E-state index contributed by atoms with van der Waals surface area (Å²) in [4.78, 5) is 11.7. The monoisotopic (exact) mass is 354 g/mol. The lowest BCUT2D eigenvalue weighted by Gasteiger charge is -2.08. The van der Waals surface area contributed by atoms with Gasteiger partial charge in [0.05, 0.1) is 0 Å². The number of anilines is 2. The van der Waals surface area contributed by atoms with Crippen molar-refractivity contribution in [1.82, 2.24) is 0 Å². The van der Waals surface area contributed by atoms with E-state index >= 15 is 0 Å². The molecule has 0 saturated heterocycles. The number of carbonyl (C=O) groups is 1. The molecule has 0 bridgehead atoms. The maximum absolute atomic E-state index is 13.0. The van der Waals surface area contributed by atoms with Crippen molar-refractivity contribution < 1.29 is 13.6 Å². The Hall–Kier alpha value is -1.95. The van der Waals surface area contributed by atoms with Crippen LogP contribution in [0.2, 0.25) is 0 Å². The summed E-state index contributed by atoms with van der Waals surface area (Å²) in [7, 11) is 0. The smallest absolute Gasteiger partial charge is 0.226 e. The molecule has 21 heavy (non-hydrogen) atoms. The van der Waals surface area contributed by atoms with Gasteiger partial charge in [-0.05, 0) is 42.5 Å². The second kappa shape index (κ2) is 7.17. The van der Waals surface area contributed by atoms with Crippen LogP contribution in [0.5, 0.6) is 0 Å². The van der Waals surface area contributed by atoms with E-state index in [9.17, 15) is 13.6 Å². The van der Waals surface area contributed by atoms with Crippen molar-refractivity contribution in [3.63, 3.8) is 0 Å². The molecule has 2 aromatic carbocycles.